The summed E-state index contributed by atoms with van der Waals surface area (Å²) in [6.07, 6.45) is 2.04. The summed E-state index contributed by atoms with van der Waals surface area (Å²) < 4.78 is 0. The molecule has 12 heavy (non-hydrogen) atoms. The molecule has 0 aromatic heterocycles. The lowest BCUT2D eigenvalue weighted by molar-refractivity contribution is 0.130. The van der Waals surface area contributed by atoms with Gasteiger partial charge in [0.05, 0.1) is 6.10 Å². The lowest BCUT2D eigenvalue weighted by Crippen LogP contribution is -2.12. The van der Waals surface area contributed by atoms with Crippen LogP contribution in [0.25, 0.3) is 0 Å². The van der Waals surface area contributed by atoms with Crippen LogP contribution < -0.4 is 0 Å². The Hall–Kier alpha value is -0.300. The van der Waals surface area contributed by atoms with Crippen LogP contribution in [-0.2, 0) is 0 Å². The Morgan fingerprint density at radius 2 is 1.67 bits per heavy atom. The number of hydrogen-bond acceptors (Lipinski definition) is 1. The lowest BCUT2D eigenvalue weighted by Gasteiger charge is -2.14. The molecule has 1 nitrogen and oxygen atoms in total. The average Bonchev–Trinajstić information content (AvgIpc) is 1.98. The van der Waals surface area contributed by atoms with Gasteiger partial charge in [0.15, 0.2) is 0 Å². The number of aliphatic hydroxyl groups is 1. The molecule has 1 N–H and O–H groups in total. The normalized spacial score (nSPS) is 15.5. The topological polar surface area (TPSA) is 20.2 Å². The van der Waals surface area contributed by atoms with E-state index in [9.17, 15) is 5.11 Å². The zero-order chi connectivity index (χ0) is 9.72. The van der Waals surface area contributed by atoms with Crippen LogP contribution in [0.4, 0.5) is 0 Å². The van der Waals surface area contributed by atoms with Crippen molar-refractivity contribution < 1.29 is 5.11 Å². The fourth-order valence-electron chi connectivity index (χ4n) is 0.935. The summed E-state index contributed by atoms with van der Waals surface area (Å²) in [6, 6.07) is 0. The number of aliphatic hydroxyl groups excluding tert-OH is 1. The van der Waals surface area contributed by atoms with Gasteiger partial charge in [0.1, 0.15) is 0 Å². The van der Waals surface area contributed by atoms with Crippen molar-refractivity contribution in [1.29, 1.82) is 0 Å². The highest BCUT2D eigenvalue weighted by Gasteiger charge is 2.08. The van der Waals surface area contributed by atoms with Gasteiger partial charge in [-0.2, -0.15) is 0 Å². The monoisotopic (exact) mass is 170 g/mol. The van der Waals surface area contributed by atoms with Crippen LogP contribution >= 0.6 is 0 Å². The Balaban J connectivity index is 3.77. The zero-order valence-corrected chi connectivity index (χ0v) is 9.02. The molecule has 0 amide bonds. The Kier molecular flexibility index (Phi) is 5.23. The Bertz CT molecular complexity index is 152. The highest BCUT2D eigenvalue weighted by Crippen LogP contribution is 2.16. The van der Waals surface area contributed by atoms with E-state index in [0.717, 1.165) is 12.8 Å². The molecule has 72 valence electrons. The summed E-state index contributed by atoms with van der Waals surface area (Å²) in [5, 5.41) is 9.26. The molecule has 0 aliphatic heterocycles. The van der Waals surface area contributed by atoms with Crippen LogP contribution in [-0.4, -0.2) is 11.2 Å². The third-order valence-electron chi connectivity index (χ3n) is 2.65. The van der Waals surface area contributed by atoms with E-state index in [1.165, 1.54) is 11.1 Å². The van der Waals surface area contributed by atoms with Crippen molar-refractivity contribution in [1.82, 2.24) is 0 Å². The van der Waals surface area contributed by atoms with Crippen molar-refractivity contribution in [2.75, 3.05) is 0 Å². The van der Waals surface area contributed by atoms with E-state index in [2.05, 4.69) is 27.7 Å². The van der Waals surface area contributed by atoms with Gasteiger partial charge in [0.25, 0.3) is 0 Å². The van der Waals surface area contributed by atoms with Gasteiger partial charge in [0.2, 0.25) is 0 Å². The minimum atomic E-state index is -0.171. The van der Waals surface area contributed by atoms with Crippen molar-refractivity contribution in [3.05, 3.63) is 11.1 Å². The van der Waals surface area contributed by atoms with Gasteiger partial charge in [0, 0.05) is 0 Å². The summed E-state index contributed by atoms with van der Waals surface area (Å²) in [7, 11) is 0. The zero-order valence-electron chi connectivity index (χ0n) is 9.02. The standard InChI is InChI=1S/C11H22O/c1-8(2)9(3)6-7-10(4)11(5)12/h10-12H,6-7H2,1-5H3. The largest absolute Gasteiger partial charge is 0.393 e. The van der Waals surface area contributed by atoms with E-state index < -0.39 is 0 Å². The summed E-state index contributed by atoms with van der Waals surface area (Å²) >= 11 is 0. The van der Waals surface area contributed by atoms with Gasteiger partial charge >= 0.3 is 0 Å². The minimum Gasteiger partial charge on any atom is -0.393 e. The van der Waals surface area contributed by atoms with Gasteiger partial charge in [-0.25, -0.2) is 0 Å². The SMILES string of the molecule is CC(C)=C(C)CCC(C)C(C)O. The number of rotatable bonds is 4. The first-order chi connectivity index (χ1) is 5.45. The Morgan fingerprint density at radius 1 is 1.17 bits per heavy atom. The molecule has 0 aromatic rings. The maximum Gasteiger partial charge on any atom is 0.0537 e. The molecule has 0 fully saturated rings. The quantitative estimate of drug-likeness (QED) is 0.643. The summed E-state index contributed by atoms with van der Waals surface area (Å²) in [6.45, 7) is 10.4. The van der Waals surface area contributed by atoms with Crippen molar-refractivity contribution in [3.8, 4) is 0 Å². The highest BCUT2D eigenvalue weighted by molar-refractivity contribution is 5.06. The van der Waals surface area contributed by atoms with Crippen LogP contribution in [0.5, 0.6) is 0 Å². The van der Waals surface area contributed by atoms with E-state index in [1.54, 1.807) is 0 Å². The van der Waals surface area contributed by atoms with E-state index in [-0.39, 0.29) is 6.10 Å². The van der Waals surface area contributed by atoms with E-state index in [0.29, 0.717) is 5.92 Å². The predicted molar refractivity (Wildman–Crippen MR) is 54.1 cm³/mol. The van der Waals surface area contributed by atoms with Crippen LogP contribution in [0.15, 0.2) is 11.1 Å². The first kappa shape index (κ1) is 11.7. The molecular weight excluding hydrogens is 148 g/mol. The lowest BCUT2D eigenvalue weighted by atomic mass is 9.96. The van der Waals surface area contributed by atoms with Crippen LogP contribution in [0.2, 0.25) is 0 Å². The molecule has 0 bridgehead atoms. The van der Waals surface area contributed by atoms with Gasteiger partial charge in [-0.05, 0) is 46.5 Å². The van der Waals surface area contributed by atoms with Gasteiger partial charge in [-0.3, -0.25) is 0 Å². The fraction of sp³-hybridized carbons (Fsp3) is 0.818. The Labute approximate surface area is 76.5 Å². The molecule has 0 aliphatic rings. The smallest absolute Gasteiger partial charge is 0.0537 e. The maximum atomic E-state index is 9.26. The van der Waals surface area contributed by atoms with Crippen LogP contribution in [0.3, 0.4) is 0 Å². The van der Waals surface area contributed by atoms with Gasteiger partial charge < -0.3 is 5.11 Å². The van der Waals surface area contributed by atoms with Crippen molar-refractivity contribution in [2.45, 2.75) is 53.6 Å². The van der Waals surface area contributed by atoms with E-state index in [4.69, 9.17) is 0 Å². The molecule has 0 rings (SSSR count). The molecule has 0 aliphatic carbocycles. The number of hydrogen-bond donors (Lipinski definition) is 1. The fourth-order valence-corrected chi connectivity index (χ4v) is 0.935. The second-order valence-corrected chi connectivity index (χ2v) is 4.04. The van der Waals surface area contributed by atoms with Crippen LogP contribution in [0, 0.1) is 5.92 Å². The predicted octanol–water partition coefficient (Wildman–Crippen LogP) is 3.14. The minimum absolute atomic E-state index is 0.171. The van der Waals surface area contributed by atoms with Crippen molar-refractivity contribution in [2.24, 2.45) is 5.92 Å². The van der Waals surface area contributed by atoms with E-state index in [1.807, 2.05) is 6.92 Å². The molecule has 1 heteroatoms. The van der Waals surface area contributed by atoms with Gasteiger partial charge in [-0.15, -0.1) is 0 Å². The maximum absolute atomic E-state index is 9.26. The van der Waals surface area contributed by atoms with Crippen molar-refractivity contribution in [3.63, 3.8) is 0 Å². The first-order valence-electron chi connectivity index (χ1n) is 4.76. The average molecular weight is 170 g/mol. The molecule has 2 unspecified atom stereocenters. The third kappa shape index (κ3) is 4.55. The molecule has 0 radical (unpaired) electrons. The van der Waals surface area contributed by atoms with E-state index >= 15 is 0 Å². The third-order valence-corrected chi connectivity index (χ3v) is 2.65. The molecule has 0 aromatic carbocycles. The highest BCUT2D eigenvalue weighted by atomic mass is 16.3. The summed E-state index contributed by atoms with van der Waals surface area (Å²) in [5.41, 5.74) is 2.87. The van der Waals surface area contributed by atoms with Crippen molar-refractivity contribution >= 4 is 0 Å². The summed E-state index contributed by atoms with van der Waals surface area (Å²) in [5.74, 6) is 0.416. The van der Waals surface area contributed by atoms with Crippen LogP contribution in [0.1, 0.15) is 47.5 Å². The molecular formula is C11H22O. The second kappa shape index (κ2) is 5.36. The number of allylic oxidation sites excluding steroid dienone is 2. The Morgan fingerprint density at radius 3 is 2.00 bits per heavy atom. The van der Waals surface area contributed by atoms with Gasteiger partial charge in [-0.1, -0.05) is 18.1 Å². The molecule has 0 heterocycles. The first-order valence-corrected chi connectivity index (χ1v) is 4.76. The molecule has 0 saturated heterocycles. The second-order valence-electron chi connectivity index (χ2n) is 4.04. The summed E-state index contributed by atoms with van der Waals surface area (Å²) in [4.78, 5) is 0. The molecule has 2 atom stereocenters. The molecule has 0 saturated carbocycles. The molecule has 0 spiro atoms.